The second-order valence-corrected chi connectivity index (χ2v) is 9.16. The van der Waals surface area contributed by atoms with Crippen LogP contribution in [0, 0.1) is 6.92 Å². The Labute approximate surface area is 151 Å². The van der Waals surface area contributed by atoms with Crippen molar-refractivity contribution in [1.29, 1.82) is 0 Å². The van der Waals surface area contributed by atoms with Gasteiger partial charge in [-0.1, -0.05) is 0 Å². The Balaban J connectivity index is 1.34. The first kappa shape index (κ1) is 17.0. The highest BCUT2D eigenvalue weighted by atomic mass is 32.2. The highest BCUT2D eigenvalue weighted by Crippen LogP contribution is 2.22. The Morgan fingerprint density at radius 2 is 2.08 bits per heavy atom. The smallest absolute Gasteiger partial charge is 0.317 e. The quantitative estimate of drug-likeness (QED) is 0.761. The van der Waals surface area contributed by atoms with Crippen molar-refractivity contribution in [1.82, 2.24) is 30.0 Å². The minimum Gasteiger partial charge on any atom is -0.351 e. The number of fused-ring (bicyclic) bond motifs is 1. The molecule has 1 N–H and O–H groups in total. The van der Waals surface area contributed by atoms with Crippen LogP contribution in [0.4, 0.5) is 10.6 Å². The SMILES string of the molecule is Cc1nnc2ccc(N3CC(N(C)C(=O)NC4CCS(=O)(=O)C4)C3)nn12. The first-order valence-corrected chi connectivity index (χ1v) is 10.3. The molecule has 2 amide bonds. The lowest BCUT2D eigenvalue weighted by Crippen LogP contribution is -2.62. The molecular formula is C15H21N7O3S. The summed E-state index contributed by atoms with van der Waals surface area (Å²) in [6, 6.07) is 3.31. The van der Waals surface area contributed by atoms with Gasteiger partial charge in [-0.2, -0.15) is 4.52 Å². The lowest BCUT2D eigenvalue weighted by atomic mass is 10.1. The Morgan fingerprint density at radius 1 is 1.31 bits per heavy atom. The number of likely N-dealkylation sites (N-methyl/N-ethyl adjacent to an activating group) is 1. The maximum Gasteiger partial charge on any atom is 0.317 e. The predicted octanol–water partition coefficient (Wildman–Crippen LogP) is -0.550. The van der Waals surface area contributed by atoms with E-state index in [1.54, 1.807) is 16.5 Å². The summed E-state index contributed by atoms with van der Waals surface area (Å²) in [5.41, 5.74) is 0.700. The Kier molecular flexibility index (Phi) is 3.98. The molecule has 2 saturated heterocycles. The summed E-state index contributed by atoms with van der Waals surface area (Å²) < 4.78 is 24.7. The molecule has 11 heteroatoms. The van der Waals surface area contributed by atoms with Crippen LogP contribution in [-0.4, -0.2) is 82.9 Å². The van der Waals surface area contributed by atoms with Crippen molar-refractivity contribution in [2.24, 2.45) is 0 Å². The van der Waals surface area contributed by atoms with E-state index in [-0.39, 0.29) is 29.6 Å². The molecular weight excluding hydrogens is 358 g/mol. The number of hydrogen-bond donors (Lipinski definition) is 1. The van der Waals surface area contributed by atoms with Crippen LogP contribution in [0.25, 0.3) is 5.65 Å². The minimum absolute atomic E-state index is 0.0333. The summed E-state index contributed by atoms with van der Waals surface area (Å²) in [5, 5.41) is 15.4. The molecule has 2 aliphatic heterocycles. The van der Waals surface area contributed by atoms with Crippen LogP contribution in [0.5, 0.6) is 0 Å². The maximum absolute atomic E-state index is 12.3. The molecule has 2 aromatic rings. The molecule has 2 fully saturated rings. The maximum atomic E-state index is 12.3. The van der Waals surface area contributed by atoms with Crippen LogP contribution in [-0.2, 0) is 9.84 Å². The highest BCUT2D eigenvalue weighted by molar-refractivity contribution is 7.91. The Bertz CT molecular complexity index is 951. The van der Waals surface area contributed by atoms with E-state index in [0.29, 0.717) is 25.2 Å². The summed E-state index contributed by atoms with van der Waals surface area (Å²) in [4.78, 5) is 16.1. The molecule has 4 heterocycles. The number of hydrogen-bond acceptors (Lipinski definition) is 7. The van der Waals surface area contributed by atoms with Crippen LogP contribution >= 0.6 is 0 Å². The molecule has 4 rings (SSSR count). The number of carbonyl (C=O) groups excluding carboxylic acids is 1. The standard InChI is InChI=1S/C15H21N7O3S/c1-10-17-18-13-3-4-14(19-22(10)13)21-7-12(8-21)20(2)15(23)16-11-5-6-26(24,25)9-11/h3-4,11-12H,5-9H2,1-2H3,(H,16,23). The van der Waals surface area contributed by atoms with Gasteiger partial charge in [0.15, 0.2) is 21.3 Å². The Morgan fingerprint density at radius 3 is 2.77 bits per heavy atom. The van der Waals surface area contributed by atoms with E-state index in [1.807, 2.05) is 19.1 Å². The molecule has 0 bridgehead atoms. The number of nitrogens with one attached hydrogen (secondary N) is 1. The molecule has 0 spiro atoms. The van der Waals surface area contributed by atoms with E-state index in [2.05, 4.69) is 25.5 Å². The average Bonchev–Trinajstić information content (AvgIpc) is 3.08. The summed E-state index contributed by atoms with van der Waals surface area (Å²) in [6.07, 6.45) is 0.487. The molecule has 1 unspecified atom stereocenters. The zero-order valence-corrected chi connectivity index (χ0v) is 15.5. The van der Waals surface area contributed by atoms with Gasteiger partial charge in [-0.15, -0.1) is 15.3 Å². The van der Waals surface area contributed by atoms with Gasteiger partial charge < -0.3 is 15.1 Å². The van der Waals surface area contributed by atoms with Crippen molar-refractivity contribution >= 4 is 27.3 Å². The fourth-order valence-corrected chi connectivity index (χ4v) is 4.97. The van der Waals surface area contributed by atoms with Crippen LogP contribution < -0.4 is 10.2 Å². The predicted molar refractivity (Wildman–Crippen MR) is 94.9 cm³/mol. The lowest BCUT2D eigenvalue weighted by Gasteiger charge is -2.44. The van der Waals surface area contributed by atoms with E-state index in [9.17, 15) is 13.2 Å². The van der Waals surface area contributed by atoms with Crippen molar-refractivity contribution in [2.45, 2.75) is 25.4 Å². The largest absolute Gasteiger partial charge is 0.351 e. The van der Waals surface area contributed by atoms with Gasteiger partial charge in [-0.25, -0.2) is 13.2 Å². The molecule has 2 aliphatic rings. The summed E-state index contributed by atoms with van der Waals surface area (Å²) in [6.45, 7) is 3.19. The van der Waals surface area contributed by atoms with Crippen molar-refractivity contribution in [3.8, 4) is 0 Å². The van der Waals surface area contributed by atoms with Gasteiger partial charge in [0, 0.05) is 26.2 Å². The van der Waals surface area contributed by atoms with Crippen molar-refractivity contribution in [3.63, 3.8) is 0 Å². The number of urea groups is 1. The van der Waals surface area contributed by atoms with Crippen LogP contribution in [0.1, 0.15) is 12.2 Å². The van der Waals surface area contributed by atoms with Gasteiger partial charge in [0.25, 0.3) is 0 Å². The van der Waals surface area contributed by atoms with Crippen LogP contribution in [0.3, 0.4) is 0 Å². The summed E-state index contributed by atoms with van der Waals surface area (Å²) in [5.74, 6) is 1.72. The fraction of sp³-hybridized carbons (Fsp3) is 0.600. The van der Waals surface area contributed by atoms with E-state index >= 15 is 0 Å². The van der Waals surface area contributed by atoms with Crippen LogP contribution in [0.15, 0.2) is 12.1 Å². The lowest BCUT2D eigenvalue weighted by molar-refractivity contribution is 0.175. The number of nitrogens with zero attached hydrogens (tertiary/aromatic N) is 6. The number of carbonyl (C=O) groups is 1. The third-order valence-electron chi connectivity index (χ3n) is 5.02. The number of amides is 2. The monoisotopic (exact) mass is 379 g/mol. The molecule has 26 heavy (non-hydrogen) atoms. The first-order chi connectivity index (χ1) is 12.3. The van der Waals surface area contributed by atoms with Crippen molar-refractivity contribution < 1.29 is 13.2 Å². The topological polar surface area (TPSA) is 113 Å². The van der Waals surface area contributed by atoms with Crippen molar-refractivity contribution in [2.75, 3.05) is 36.5 Å². The first-order valence-electron chi connectivity index (χ1n) is 8.50. The average molecular weight is 379 g/mol. The molecule has 0 radical (unpaired) electrons. The number of aryl methyl sites for hydroxylation is 1. The van der Waals surface area contributed by atoms with Gasteiger partial charge >= 0.3 is 6.03 Å². The van der Waals surface area contributed by atoms with Crippen LogP contribution in [0.2, 0.25) is 0 Å². The van der Waals surface area contributed by atoms with Gasteiger partial charge in [0.1, 0.15) is 5.82 Å². The number of sulfone groups is 1. The third-order valence-corrected chi connectivity index (χ3v) is 6.79. The number of aromatic nitrogens is 4. The second kappa shape index (κ2) is 6.08. The normalized spacial score (nSPS) is 22.4. The molecule has 0 aromatic carbocycles. The Hall–Kier alpha value is -2.43. The zero-order chi connectivity index (χ0) is 18.5. The van der Waals surface area contributed by atoms with E-state index in [1.165, 1.54) is 0 Å². The molecule has 1 atom stereocenters. The summed E-state index contributed by atoms with van der Waals surface area (Å²) >= 11 is 0. The van der Waals surface area contributed by atoms with Gasteiger partial charge in [-0.05, 0) is 25.5 Å². The van der Waals surface area contributed by atoms with Gasteiger partial charge in [-0.3, -0.25) is 0 Å². The molecule has 10 nitrogen and oxygen atoms in total. The number of anilines is 1. The third kappa shape index (κ3) is 3.06. The van der Waals surface area contributed by atoms with Crippen molar-refractivity contribution in [3.05, 3.63) is 18.0 Å². The molecule has 0 aliphatic carbocycles. The molecule has 0 saturated carbocycles. The van der Waals surface area contributed by atoms with E-state index < -0.39 is 9.84 Å². The zero-order valence-electron chi connectivity index (χ0n) is 14.7. The summed E-state index contributed by atoms with van der Waals surface area (Å²) in [7, 11) is -1.26. The second-order valence-electron chi connectivity index (χ2n) is 6.93. The number of rotatable bonds is 3. The minimum atomic E-state index is -3.00. The van der Waals surface area contributed by atoms with E-state index in [4.69, 9.17) is 0 Å². The van der Waals surface area contributed by atoms with E-state index in [0.717, 1.165) is 11.6 Å². The van der Waals surface area contributed by atoms with Gasteiger partial charge in [0.05, 0.1) is 17.5 Å². The highest BCUT2D eigenvalue weighted by Gasteiger charge is 2.35. The molecule has 140 valence electrons. The fourth-order valence-electron chi connectivity index (χ4n) is 3.29. The molecule has 2 aromatic heterocycles. The van der Waals surface area contributed by atoms with Gasteiger partial charge in [0.2, 0.25) is 0 Å².